The molecule has 2 rings (SSSR count). The Kier molecular flexibility index (Phi) is 4.25. The number of para-hydroxylation sites is 1. The lowest BCUT2D eigenvalue weighted by atomic mass is 10.0. The third kappa shape index (κ3) is 2.91. The van der Waals surface area contributed by atoms with E-state index in [2.05, 4.69) is 0 Å². The Morgan fingerprint density at radius 2 is 1.85 bits per heavy atom. The predicted octanol–water partition coefficient (Wildman–Crippen LogP) is 2.39. The molecule has 1 amide bonds. The summed E-state index contributed by atoms with van der Waals surface area (Å²) in [5, 5.41) is 0. The number of ether oxygens (including phenoxy) is 2. The van der Waals surface area contributed by atoms with Gasteiger partial charge in [-0.25, -0.2) is 0 Å². The van der Waals surface area contributed by atoms with Crippen molar-refractivity contribution in [2.45, 2.75) is 6.42 Å². The van der Waals surface area contributed by atoms with Crippen molar-refractivity contribution in [2.75, 3.05) is 14.2 Å². The molecule has 0 radical (unpaired) electrons. The van der Waals surface area contributed by atoms with Crippen molar-refractivity contribution in [2.24, 2.45) is 5.73 Å². The smallest absolute Gasteiger partial charge is 0.248 e. The number of benzene rings is 2. The van der Waals surface area contributed by atoms with Gasteiger partial charge in [0.2, 0.25) is 5.91 Å². The Hall–Kier alpha value is -2.49. The fraction of sp³-hybridized carbons (Fsp3) is 0.188. The summed E-state index contributed by atoms with van der Waals surface area (Å²) >= 11 is 0. The lowest BCUT2D eigenvalue weighted by molar-refractivity contribution is 0.1000. The number of nitrogens with two attached hydrogens (primary N) is 1. The molecule has 4 heteroatoms. The van der Waals surface area contributed by atoms with E-state index in [1.165, 1.54) is 0 Å². The molecule has 2 aromatic rings. The van der Waals surface area contributed by atoms with Crippen LogP contribution in [0.5, 0.6) is 11.5 Å². The molecule has 0 saturated heterocycles. The van der Waals surface area contributed by atoms with Gasteiger partial charge in [0.1, 0.15) is 0 Å². The van der Waals surface area contributed by atoms with Gasteiger partial charge in [0, 0.05) is 17.5 Å². The van der Waals surface area contributed by atoms with Gasteiger partial charge in [-0.05, 0) is 23.8 Å². The number of hydrogen-bond acceptors (Lipinski definition) is 3. The standard InChI is InChI=1S/C16H17NO3/c1-19-14-8-4-6-12(15(14)20-2)9-11-5-3-7-13(10-11)16(17)18/h3-8,10H,9H2,1-2H3,(H2,17,18). The second kappa shape index (κ2) is 6.10. The molecule has 0 aliphatic rings. The number of rotatable bonds is 5. The molecule has 4 nitrogen and oxygen atoms in total. The van der Waals surface area contributed by atoms with Gasteiger partial charge >= 0.3 is 0 Å². The molecule has 0 aliphatic heterocycles. The lowest BCUT2D eigenvalue weighted by Gasteiger charge is -2.12. The summed E-state index contributed by atoms with van der Waals surface area (Å²) < 4.78 is 10.7. The maximum Gasteiger partial charge on any atom is 0.248 e. The first-order chi connectivity index (χ1) is 9.65. The SMILES string of the molecule is COc1cccc(Cc2cccc(C(N)=O)c2)c1OC. The normalized spacial score (nSPS) is 10.1. The molecule has 0 aromatic heterocycles. The van der Waals surface area contributed by atoms with Crippen molar-refractivity contribution in [1.29, 1.82) is 0 Å². The highest BCUT2D eigenvalue weighted by Crippen LogP contribution is 2.32. The van der Waals surface area contributed by atoms with E-state index in [1.54, 1.807) is 26.4 Å². The lowest BCUT2D eigenvalue weighted by Crippen LogP contribution is -2.11. The summed E-state index contributed by atoms with van der Waals surface area (Å²) in [4.78, 5) is 11.2. The fourth-order valence-corrected chi connectivity index (χ4v) is 2.15. The Labute approximate surface area is 118 Å². The van der Waals surface area contributed by atoms with E-state index in [4.69, 9.17) is 15.2 Å². The van der Waals surface area contributed by atoms with E-state index in [9.17, 15) is 4.79 Å². The quantitative estimate of drug-likeness (QED) is 0.908. The van der Waals surface area contributed by atoms with Crippen LogP contribution in [-0.4, -0.2) is 20.1 Å². The average Bonchev–Trinajstić information content (AvgIpc) is 2.47. The van der Waals surface area contributed by atoms with Crippen molar-refractivity contribution < 1.29 is 14.3 Å². The van der Waals surface area contributed by atoms with Gasteiger partial charge in [0.15, 0.2) is 11.5 Å². The molecule has 2 aromatic carbocycles. The summed E-state index contributed by atoms with van der Waals surface area (Å²) in [6, 6.07) is 13.0. The summed E-state index contributed by atoms with van der Waals surface area (Å²) in [6.07, 6.45) is 0.640. The molecule has 0 bridgehead atoms. The number of hydrogen-bond donors (Lipinski definition) is 1. The zero-order chi connectivity index (χ0) is 14.5. The molecule has 0 saturated carbocycles. The third-order valence-corrected chi connectivity index (χ3v) is 3.09. The maximum atomic E-state index is 11.2. The van der Waals surface area contributed by atoms with Gasteiger partial charge in [0.25, 0.3) is 0 Å². The first-order valence-electron chi connectivity index (χ1n) is 6.24. The van der Waals surface area contributed by atoms with E-state index in [-0.39, 0.29) is 0 Å². The largest absolute Gasteiger partial charge is 0.493 e. The van der Waals surface area contributed by atoms with Gasteiger partial charge in [-0.3, -0.25) is 4.79 Å². The monoisotopic (exact) mass is 271 g/mol. The van der Waals surface area contributed by atoms with Crippen molar-refractivity contribution in [3.05, 3.63) is 59.2 Å². The minimum absolute atomic E-state index is 0.426. The third-order valence-electron chi connectivity index (χ3n) is 3.09. The Morgan fingerprint density at radius 3 is 2.50 bits per heavy atom. The van der Waals surface area contributed by atoms with E-state index >= 15 is 0 Å². The summed E-state index contributed by atoms with van der Waals surface area (Å²) in [5.74, 6) is 0.972. The van der Waals surface area contributed by atoms with Crippen molar-refractivity contribution >= 4 is 5.91 Å². The van der Waals surface area contributed by atoms with Crippen LogP contribution < -0.4 is 15.2 Å². The number of carbonyl (C=O) groups is 1. The number of methoxy groups -OCH3 is 2. The Bertz CT molecular complexity index is 623. The molecular weight excluding hydrogens is 254 g/mol. The van der Waals surface area contributed by atoms with Crippen LogP contribution in [0.25, 0.3) is 0 Å². The molecule has 0 heterocycles. The zero-order valence-electron chi connectivity index (χ0n) is 11.6. The number of carbonyl (C=O) groups excluding carboxylic acids is 1. The first kappa shape index (κ1) is 13.9. The average molecular weight is 271 g/mol. The summed E-state index contributed by atoms with van der Waals surface area (Å²) in [6.45, 7) is 0. The molecule has 104 valence electrons. The number of primary amides is 1. The van der Waals surface area contributed by atoms with Gasteiger partial charge in [-0.15, -0.1) is 0 Å². The highest BCUT2D eigenvalue weighted by molar-refractivity contribution is 5.92. The molecule has 0 aliphatic carbocycles. The van der Waals surface area contributed by atoms with Crippen LogP contribution in [0.3, 0.4) is 0 Å². The van der Waals surface area contributed by atoms with Gasteiger partial charge < -0.3 is 15.2 Å². The van der Waals surface area contributed by atoms with Crippen LogP contribution in [0, 0.1) is 0 Å². The zero-order valence-corrected chi connectivity index (χ0v) is 11.6. The van der Waals surface area contributed by atoms with Crippen LogP contribution in [-0.2, 0) is 6.42 Å². The van der Waals surface area contributed by atoms with Gasteiger partial charge in [-0.1, -0.05) is 24.3 Å². The van der Waals surface area contributed by atoms with Crippen molar-refractivity contribution in [1.82, 2.24) is 0 Å². The van der Waals surface area contributed by atoms with Crippen molar-refractivity contribution in [3.8, 4) is 11.5 Å². The highest BCUT2D eigenvalue weighted by Gasteiger charge is 2.10. The van der Waals surface area contributed by atoms with Crippen LogP contribution in [0.4, 0.5) is 0 Å². The molecule has 2 N–H and O–H groups in total. The van der Waals surface area contributed by atoms with E-state index in [1.807, 2.05) is 30.3 Å². The summed E-state index contributed by atoms with van der Waals surface area (Å²) in [5.41, 5.74) is 7.79. The topological polar surface area (TPSA) is 61.5 Å². The number of amides is 1. The van der Waals surface area contributed by atoms with Gasteiger partial charge in [0.05, 0.1) is 14.2 Å². The maximum absolute atomic E-state index is 11.2. The Balaban J connectivity index is 2.35. The van der Waals surface area contributed by atoms with E-state index in [0.717, 1.165) is 11.1 Å². The van der Waals surface area contributed by atoms with Crippen LogP contribution in [0.2, 0.25) is 0 Å². The molecule has 0 spiro atoms. The van der Waals surface area contributed by atoms with Crippen LogP contribution in [0.15, 0.2) is 42.5 Å². The second-order valence-electron chi connectivity index (χ2n) is 4.39. The van der Waals surface area contributed by atoms with Gasteiger partial charge in [-0.2, -0.15) is 0 Å². The molecular formula is C16H17NO3. The molecule has 0 atom stereocenters. The molecule has 20 heavy (non-hydrogen) atoms. The van der Waals surface area contributed by atoms with E-state index < -0.39 is 5.91 Å². The minimum atomic E-state index is -0.426. The highest BCUT2D eigenvalue weighted by atomic mass is 16.5. The van der Waals surface area contributed by atoms with Crippen LogP contribution in [0.1, 0.15) is 21.5 Å². The Morgan fingerprint density at radius 1 is 1.10 bits per heavy atom. The van der Waals surface area contributed by atoms with Crippen molar-refractivity contribution in [3.63, 3.8) is 0 Å². The second-order valence-corrected chi connectivity index (χ2v) is 4.39. The summed E-state index contributed by atoms with van der Waals surface area (Å²) in [7, 11) is 3.22. The first-order valence-corrected chi connectivity index (χ1v) is 6.24. The van der Waals surface area contributed by atoms with Crippen LogP contribution >= 0.6 is 0 Å². The van der Waals surface area contributed by atoms with E-state index in [0.29, 0.717) is 23.5 Å². The predicted molar refractivity (Wildman–Crippen MR) is 77.3 cm³/mol. The fourth-order valence-electron chi connectivity index (χ4n) is 2.15. The molecule has 0 fully saturated rings. The minimum Gasteiger partial charge on any atom is -0.493 e. The molecule has 0 unspecified atom stereocenters.